The molecule has 0 amide bonds. The lowest BCUT2D eigenvalue weighted by molar-refractivity contribution is 0.221. The molecule has 2 N–H and O–H groups in total. The van der Waals surface area contributed by atoms with E-state index < -0.39 is 0 Å². The first kappa shape index (κ1) is 10.2. The van der Waals surface area contributed by atoms with Gasteiger partial charge in [0.2, 0.25) is 0 Å². The fraction of sp³-hybridized carbons (Fsp3) is 0.833. The molecule has 2 unspecified atom stereocenters. The molecule has 2 rings (SSSR count). The lowest BCUT2D eigenvalue weighted by Crippen LogP contribution is -2.35. The smallest absolute Gasteiger partial charge is 0.0163 e. The first-order chi connectivity index (χ1) is 6.90. The molecule has 1 saturated carbocycles. The van der Waals surface area contributed by atoms with Crippen LogP contribution >= 0.6 is 0 Å². The van der Waals surface area contributed by atoms with Crippen molar-refractivity contribution in [2.24, 2.45) is 17.6 Å². The molecule has 0 aromatic carbocycles. The molecule has 1 aliphatic heterocycles. The summed E-state index contributed by atoms with van der Waals surface area (Å²) >= 11 is 0. The molecule has 0 spiro atoms. The minimum Gasteiger partial charge on any atom is -0.330 e. The third-order valence-electron chi connectivity index (χ3n) is 3.75. The Balaban J connectivity index is 1.81. The summed E-state index contributed by atoms with van der Waals surface area (Å²) < 4.78 is 0. The lowest BCUT2D eigenvalue weighted by atomic mass is 9.95. The fourth-order valence-electron chi connectivity index (χ4n) is 2.85. The SMILES string of the molecule is NCC1CCCC1CN1CC=CCC1. The van der Waals surface area contributed by atoms with Gasteiger partial charge in [0, 0.05) is 19.6 Å². The minimum absolute atomic E-state index is 0.806. The van der Waals surface area contributed by atoms with Gasteiger partial charge in [-0.2, -0.15) is 0 Å². The van der Waals surface area contributed by atoms with Gasteiger partial charge in [-0.15, -0.1) is 0 Å². The standard InChI is InChI=1S/C12H22N2/c13-9-11-5-4-6-12(11)10-14-7-2-1-3-8-14/h1-2,11-12H,3-10,13H2. The largest absolute Gasteiger partial charge is 0.330 e. The van der Waals surface area contributed by atoms with Crippen LogP contribution in [0.3, 0.4) is 0 Å². The summed E-state index contributed by atoms with van der Waals surface area (Å²) in [6.45, 7) is 4.60. The highest BCUT2D eigenvalue weighted by Crippen LogP contribution is 2.31. The molecular formula is C12H22N2. The Labute approximate surface area is 87.2 Å². The van der Waals surface area contributed by atoms with Gasteiger partial charge >= 0.3 is 0 Å². The van der Waals surface area contributed by atoms with E-state index in [1.54, 1.807) is 0 Å². The highest BCUT2D eigenvalue weighted by atomic mass is 15.1. The molecule has 0 radical (unpaired) electrons. The van der Waals surface area contributed by atoms with Crippen molar-refractivity contribution in [3.8, 4) is 0 Å². The van der Waals surface area contributed by atoms with Crippen molar-refractivity contribution in [3.05, 3.63) is 12.2 Å². The molecular weight excluding hydrogens is 172 g/mol. The Kier molecular flexibility index (Phi) is 3.60. The summed E-state index contributed by atoms with van der Waals surface area (Å²) in [6.07, 6.45) is 10.0. The second kappa shape index (κ2) is 4.94. The molecule has 2 atom stereocenters. The normalized spacial score (nSPS) is 33.8. The van der Waals surface area contributed by atoms with Crippen molar-refractivity contribution in [1.29, 1.82) is 0 Å². The van der Waals surface area contributed by atoms with Crippen LogP contribution in [-0.2, 0) is 0 Å². The molecule has 0 aromatic rings. The second-order valence-corrected chi connectivity index (χ2v) is 4.71. The molecule has 0 bridgehead atoms. The summed E-state index contributed by atoms with van der Waals surface area (Å²) in [5.74, 6) is 1.69. The second-order valence-electron chi connectivity index (χ2n) is 4.71. The summed E-state index contributed by atoms with van der Waals surface area (Å²) in [7, 11) is 0. The van der Waals surface area contributed by atoms with Gasteiger partial charge in [-0.1, -0.05) is 18.6 Å². The van der Waals surface area contributed by atoms with Crippen LogP contribution in [0.5, 0.6) is 0 Å². The van der Waals surface area contributed by atoms with Gasteiger partial charge in [0.25, 0.3) is 0 Å². The predicted molar refractivity (Wildman–Crippen MR) is 60.1 cm³/mol. The zero-order chi connectivity index (χ0) is 9.80. The number of hydrogen-bond donors (Lipinski definition) is 1. The van der Waals surface area contributed by atoms with Crippen molar-refractivity contribution in [2.45, 2.75) is 25.7 Å². The van der Waals surface area contributed by atoms with Crippen LogP contribution in [0.1, 0.15) is 25.7 Å². The maximum Gasteiger partial charge on any atom is 0.0163 e. The molecule has 0 saturated heterocycles. The Morgan fingerprint density at radius 3 is 2.79 bits per heavy atom. The van der Waals surface area contributed by atoms with Gasteiger partial charge in [-0.3, -0.25) is 4.90 Å². The van der Waals surface area contributed by atoms with Crippen LogP contribution in [0.15, 0.2) is 12.2 Å². The van der Waals surface area contributed by atoms with E-state index in [0.717, 1.165) is 24.9 Å². The van der Waals surface area contributed by atoms with Crippen molar-refractivity contribution < 1.29 is 0 Å². The van der Waals surface area contributed by atoms with Gasteiger partial charge in [0.15, 0.2) is 0 Å². The van der Waals surface area contributed by atoms with Crippen molar-refractivity contribution >= 4 is 0 Å². The van der Waals surface area contributed by atoms with Crippen molar-refractivity contribution in [1.82, 2.24) is 4.90 Å². The van der Waals surface area contributed by atoms with Gasteiger partial charge in [0.1, 0.15) is 0 Å². The summed E-state index contributed by atoms with van der Waals surface area (Å²) in [5, 5.41) is 0. The Morgan fingerprint density at radius 2 is 2.07 bits per heavy atom. The van der Waals surface area contributed by atoms with Crippen LogP contribution in [0.25, 0.3) is 0 Å². The third-order valence-corrected chi connectivity index (χ3v) is 3.75. The maximum absolute atomic E-state index is 5.80. The van der Waals surface area contributed by atoms with E-state index in [2.05, 4.69) is 17.1 Å². The lowest BCUT2D eigenvalue weighted by Gasteiger charge is -2.28. The van der Waals surface area contributed by atoms with Crippen LogP contribution in [0.4, 0.5) is 0 Å². The highest BCUT2D eigenvalue weighted by Gasteiger charge is 2.27. The Bertz CT molecular complexity index is 200. The molecule has 1 aliphatic carbocycles. The Hall–Kier alpha value is -0.340. The number of nitrogens with two attached hydrogens (primary N) is 1. The molecule has 1 heterocycles. The predicted octanol–water partition coefficient (Wildman–Crippen LogP) is 1.62. The van der Waals surface area contributed by atoms with E-state index in [9.17, 15) is 0 Å². The van der Waals surface area contributed by atoms with Crippen LogP contribution in [0.2, 0.25) is 0 Å². The summed E-state index contributed by atoms with van der Waals surface area (Å²) in [6, 6.07) is 0. The average Bonchev–Trinajstić information content (AvgIpc) is 2.67. The number of hydrogen-bond acceptors (Lipinski definition) is 2. The van der Waals surface area contributed by atoms with E-state index in [1.165, 1.54) is 38.8 Å². The maximum atomic E-state index is 5.80. The first-order valence-corrected chi connectivity index (χ1v) is 5.97. The first-order valence-electron chi connectivity index (χ1n) is 5.97. The Morgan fingerprint density at radius 1 is 1.21 bits per heavy atom. The zero-order valence-corrected chi connectivity index (χ0v) is 8.99. The molecule has 2 aliphatic rings. The fourth-order valence-corrected chi connectivity index (χ4v) is 2.85. The van der Waals surface area contributed by atoms with Crippen molar-refractivity contribution in [3.63, 3.8) is 0 Å². The van der Waals surface area contributed by atoms with Crippen LogP contribution in [0, 0.1) is 11.8 Å². The van der Waals surface area contributed by atoms with E-state index in [0.29, 0.717) is 0 Å². The van der Waals surface area contributed by atoms with Gasteiger partial charge in [-0.05, 0) is 37.6 Å². The minimum atomic E-state index is 0.806. The number of nitrogens with zero attached hydrogens (tertiary/aromatic N) is 1. The topological polar surface area (TPSA) is 29.3 Å². The molecule has 1 fully saturated rings. The van der Waals surface area contributed by atoms with E-state index in [4.69, 9.17) is 5.73 Å². The van der Waals surface area contributed by atoms with Crippen molar-refractivity contribution in [2.75, 3.05) is 26.2 Å². The van der Waals surface area contributed by atoms with E-state index in [1.807, 2.05) is 0 Å². The van der Waals surface area contributed by atoms with Crippen LogP contribution in [-0.4, -0.2) is 31.1 Å². The zero-order valence-electron chi connectivity index (χ0n) is 8.99. The molecule has 2 heteroatoms. The molecule has 80 valence electrons. The highest BCUT2D eigenvalue weighted by molar-refractivity contribution is 4.92. The summed E-state index contributed by atoms with van der Waals surface area (Å²) in [5.41, 5.74) is 5.80. The summed E-state index contributed by atoms with van der Waals surface area (Å²) in [4.78, 5) is 2.58. The average molecular weight is 194 g/mol. The van der Waals surface area contributed by atoms with Gasteiger partial charge in [-0.25, -0.2) is 0 Å². The van der Waals surface area contributed by atoms with Crippen LogP contribution < -0.4 is 5.73 Å². The van der Waals surface area contributed by atoms with Gasteiger partial charge in [0.05, 0.1) is 0 Å². The quantitative estimate of drug-likeness (QED) is 0.692. The monoisotopic (exact) mass is 194 g/mol. The molecule has 0 aromatic heterocycles. The number of rotatable bonds is 3. The van der Waals surface area contributed by atoms with Gasteiger partial charge < -0.3 is 5.73 Å². The van der Waals surface area contributed by atoms with E-state index >= 15 is 0 Å². The molecule has 14 heavy (non-hydrogen) atoms. The third kappa shape index (κ3) is 2.37. The van der Waals surface area contributed by atoms with E-state index in [-0.39, 0.29) is 0 Å². The molecule has 2 nitrogen and oxygen atoms in total.